The molecule has 2 nitrogen and oxygen atoms in total. The van der Waals surface area contributed by atoms with E-state index >= 15 is 0 Å². The van der Waals surface area contributed by atoms with E-state index in [0.717, 1.165) is 16.5 Å². The van der Waals surface area contributed by atoms with Gasteiger partial charge in [0.1, 0.15) is 3.70 Å². The fourth-order valence-electron chi connectivity index (χ4n) is 0.919. The lowest BCUT2D eigenvalue weighted by Crippen LogP contribution is -1.98. The van der Waals surface area contributed by atoms with Crippen LogP contribution in [0.2, 0.25) is 0 Å². The van der Waals surface area contributed by atoms with Crippen LogP contribution in [0.15, 0.2) is 6.07 Å². The molecule has 1 aromatic rings. The second-order valence-electron chi connectivity index (χ2n) is 2.47. The third-order valence-corrected chi connectivity index (χ3v) is 2.36. The minimum atomic E-state index is -0.365. The van der Waals surface area contributed by atoms with Crippen molar-refractivity contribution >= 4 is 22.6 Å². The maximum Gasteiger partial charge on any atom is 0.233 e. The largest absolute Gasteiger partial charge is 0.253 e. The maximum absolute atomic E-state index is 12.4. The highest BCUT2D eigenvalue weighted by Gasteiger charge is 2.26. The van der Waals surface area contributed by atoms with E-state index in [1.165, 1.54) is 6.07 Å². The summed E-state index contributed by atoms with van der Waals surface area (Å²) in [5, 5.41) is 3.71. The van der Waals surface area contributed by atoms with E-state index in [-0.39, 0.29) is 5.95 Å². The first-order chi connectivity index (χ1) is 4.77. The van der Waals surface area contributed by atoms with Crippen LogP contribution < -0.4 is 0 Å². The number of aromatic nitrogens is 2. The third-order valence-electron chi connectivity index (χ3n) is 1.55. The number of halogens is 2. The topological polar surface area (TPSA) is 17.8 Å². The van der Waals surface area contributed by atoms with Crippen molar-refractivity contribution in [3.8, 4) is 0 Å². The zero-order valence-corrected chi connectivity index (χ0v) is 7.38. The van der Waals surface area contributed by atoms with Gasteiger partial charge in [0, 0.05) is 6.07 Å². The molecule has 0 bridgehead atoms. The lowest BCUT2D eigenvalue weighted by molar-refractivity contribution is 0.524. The van der Waals surface area contributed by atoms with Crippen molar-refractivity contribution in [1.82, 2.24) is 9.78 Å². The fourth-order valence-corrected chi connectivity index (χ4v) is 1.68. The molecule has 1 saturated carbocycles. The van der Waals surface area contributed by atoms with Crippen LogP contribution in [-0.4, -0.2) is 9.78 Å². The number of nitrogens with zero attached hydrogens (tertiary/aromatic N) is 2. The van der Waals surface area contributed by atoms with Crippen LogP contribution in [0.1, 0.15) is 18.9 Å². The zero-order valence-electron chi connectivity index (χ0n) is 5.22. The molecular weight excluding hydrogens is 246 g/mol. The number of hydrogen-bond donors (Lipinski definition) is 0. The third kappa shape index (κ3) is 1.04. The Kier molecular flexibility index (Phi) is 1.43. The average molecular weight is 252 g/mol. The van der Waals surface area contributed by atoms with Gasteiger partial charge in [-0.15, -0.1) is 5.10 Å². The van der Waals surface area contributed by atoms with E-state index in [1.807, 2.05) is 0 Å². The molecule has 4 heteroatoms. The highest BCUT2D eigenvalue weighted by molar-refractivity contribution is 14.1. The second kappa shape index (κ2) is 2.18. The van der Waals surface area contributed by atoms with Crippen LogP contribution in [0.25, 0.3) is 0 Å². The summed E-state index contributed by atoms with van der Waals surface area (Å²) in [4.78, 5) is 0. The Labute approximate surface area is 71.6 Å². The molecule has 0 saturated heterocycles. The smallest absolute Gasteiger partial charge is 0.233 e. The molecule has 0 unspecified atom stereocenters. The Morgan fingerprint density at radius 2 is 2.40 bits per heavy atom. The summed E-state index contributed by atoms with van der Waals surface area (Å²) < 4.78 is 15.1. The van der Waals surface area contributed by atoms with Crippen molar-refractivity contribution in [1.29, 1.82) is 0 Å². The molecule has 0 atom stereocenters. The molecule has 0 amide bonds. The molecule has 0 spiro atoms. The van der Waals surface area contributed by atoms with Gasteiger partial charge in [-0.2, -0.15) is 4.39 Å². The summed E-state index contributed by atoms with van der Waals surface area (Å²) >= 11 is 2.10. The molecular formula is C6H6FIN2. The molecule has 2 rings (SSSR count). The van der Waals surface area contributed by atoms with Crippen molar-refractivity contribution in [3.05, 3.63) is 15.7 Å². The van der Waals surface area contributed by atoms with Gasteiger partial charge in [0.15, 0.2) is 0 Å². The molecule has 1 aromatic heterocycles. The molecule has 54 valence electrons. The first kappa shape index (κ1) is 6.57. The van der Waals surface area contributed by atoms with Crippen molar-refractivity contribution in [3.63, 3.8) is 0 Å². The van der Waals surface area contributed by atoms with Crippen LogP contribution in [-0.2, 0) is 0 Å². The van der Waals surface area contributed by atoms with Gasteiger partial charge in [-0.1, -0.05) is 0 Å². The second-order valence-corrected chi connectivity index (χ2v) is 3.57. The van der Waals surface area contributed by atoms with Crippen molar-refractivity contribution in [2.75, 3.05) is 0 Å². The Morgan fingerprint density at radius 1 is 1.70 bits per heavy atom. The van der Waals surface area contributed by atoms with Gasteiger partial charge in [0.05, 0.1) is 6.04 Å². The summed E-state index contributed by atoms with van der Waals surface area (Å²) in [5.41, 5.74) is 0. The van der Waals surface area contributed by atoms with Crippen LogP contribution in [0.4, 0.5) is 4.39 Å². The van der Waals surface area contributed by atoms with Gasteiger partial charge in [-0.3, -0.25) is 4.68 Å². The molecule has 0 radical (unpaired) electrons. The van der Waals surface area contributed by atoms with Crippen molar-refractivity contribution < 1.29 is 4.39 Å². The highest BCUT2D eigenvalue weighted by atomic mass is 127. The van der Waals surface area contributed by atoms with E-state index in [2.05, 4.69) is 27.7 Å². The summed E-state index contributed by atoms with van der Waals surface area (Å²) in [6, 6.07) is 1.94. The molecule has 1 aliphatic rings. The molecule has 1 heterocycles. The lowest BCUT2D eigenvalue weighted by Gasteiger charge is -1.95. The first-order valence-corrected chi connectivity index (χ1v) is 4.26. The Hall–Kier alpha value is -0.130. The maximum atomic E-state index is 12.4. The Morgan fingerprint density at radius 3 is 2.80 bits per heavy atom. The van der Waals surface area contributed by atoms with Gasteiger partial charge in [-0.05, 0) is 35.4 Å². The first-order valence-electron chi connectivity index (χ1n) is 3.18. The van der Waals surface area contributed by atoms with Crippen LogP contribution in [0.5, 0.6) is 0 Å². The molecule has 1 aliphatic carbocycles. The lowest BCUT2D eigenvalue weighted by atomic mass is 10.7. The van der Waals surface area contributed by atoms with E-state index in [1.54, 1.807) is 4.68 Å². The Balaban J connectivity index is 2.38. The minimum absolute atomic E-state index is 0.365. The van der Waals surface area contributed by atoms with Crippen LogP contribution >= 0.6 is 22.6 Å². The summed E-state index contributed by atoms with van der Waals surface area (Å²) in [6.45, 7) is 0. The zero-order chi connectivity index (χ0) is 7.14. The van der Waals surface area contributed by atoms with Gasteiger partial charge >= 0.3 is 0 Å². The highest BCUT2D eigenvalue weighted by Crippen LogP contribution is 2.35. The van der Waals surface area contributed by atoms with Crippen LogP contribution in [0, 0.1) is 9.65 Å². The van der Waals surface area contributed by atoms with Gasteiger partial charge in [-0.25, -0.2) is 0 Å². The van der Waals surface area contributed by atoms with Crippen molar-refractivity contribution in [2.24, 2.45) is 0 Å². The predicted octanol–water partition coefficient (Wildman–Crippen LogP) is 1.96. The minimum Gasteiger partial charge on any atom is -0.253 e. The van der Waals surface area contributed by atoms with E-state index < -0.39 is 0 Å². The normalized spacial score (nSPS) is 17.8. The summed E-state index contributed by atoms with van der Waals surface area (Å²) in [7, 11) is 0. The quantitative estimate of drug-likeness (QED) is 0.698. The molecule has 0 N–H and O–H groups in total. The number of hydrogen-bond acceptors (Lipinski definition) is 1. The van der Waals surface area contributed by atoms with Crippen molar-refractivity contribution in [2.45, 2.75) is 18.9 Å². The molecule has 1 fully saturated rings. The number of rotatable bonds is 1. The van der Waals surface area contributed by atoms with Gasteiger partial charge in [0.25, 0.3) is 0 Å². The average Bonchev–Trinajstić information content (AvgIpc) is 2.61. The standard InChI is InChI=1S/C6H6FIN2/c7-5-3-6(8)10(9-5)4-1-2-4/h3-4H,1-2H2. The van der Waals surface area contributed by atoms with E-state index in [0.29, 0.717) is 6.04 Å². The van der Waals surface area contributed by atoms with Gasteiger partial charge in [0.2, 0.25) is 5.95 Å². The van der Waals surface area contributed by atoms with Crippen LogP contribution in [0.3, 0.4) is 0 Å². The fraction of sp³-hybridized carbons (Fsp3) is 0.500. The molecule has 0 aliphatic heterocycles. The molecule has 0 aromatic carbocycles. The van der Waals surface area contributed by atoms with Gasteiger partial charge < -0.3 is 0 Å². The SMILES string of the molecule is Fc1cc(I)n(C2CC2)n1. The van der Waals surface area contributed by atoms with E-state index in [9.17, 15) is 4.39 Å². The summed E-state index contributed by atoms with van der Waals surface area (Å²) in [6.07, 6.45) is 2.30. The molecule has 10 heavy (non-hydrogen) atoms. The summed E-state index contributed by atoms with van der Waals surface area (Å²) in [5.74, 6) is -0.365. The Bertz CT molecular complexity index is 254. The van der Waals surface area contributed by atoms with E-state index in [4.69, 9.17) is 0 Å². The monoisotopic (exact) mass is 252 g/mol. The predicted molar refractivity (Wildman–Crippen MR) is 43.2 cm³/mol.